The predicted octanol–water partition coefficient (Wildman–Crippen LogP) is 2.17. The number of nitrogens with zero attached hydrogens (tertiary/aromatic N) is 1. The summed E-state index contributed by atoms with van der Waals surface area (Å²) in [5, 5.41) is 8.77. The van der Waals surface area contributed by atoms with E-state index in [-0.39, 0.29) is 12.4 Å². The number of benzene rings is 1. The summed E-state index contributed by atoms with van der Waals surface area (Å²) in [6, 6.07) is 7.41. The Labute approximate surface area is 101 Å². The van der Waals surface area contributed by atoms with E-state index in [2.05, 4.69) is 17.9 Å². The van der Waals surface area contributed by atoms with Crippen molar-refractivity contribution < 1.29 is 9.53 Å². The van der Waals surface area contributed by atoms with Gasteiger partial charge in [0.25, 0.3) is 0 Å². The molecule has 0 unspecified atom stereocenters. The summed E-state index contributed by atoms with van der Waals surface area (Å²) in [6.07, 6.45) is 0.0902. The number of nitriles is 1. The van der Waals surface area contributed by atoms with Crippen LogP contribution < -0.4 is 0 Å². The number of ether oxygens (including phenoxy) is 1. The summed E-state index contributed by atoms with van der Waals surface area (Å²) in [4.78, 5) is 11.0. The quantitative estimate of drug-likeness (QED) is 0.574. The van der Waals surface area contributed by atoms with Crippen molar-refractivity contribution in [2.45, 2.75) is 20.3 Å². The summed E-state index contributed by atoms with van der Waals surface area (Å²) in [6.45, 7) is 3.99. The molecule has 1 rings (SSSR count). The van der Waals surface area contributed by atoms with Crippen LogP contribution in [0.2, 0.25) is 0 Å². The third-order valence-corrected chi connectivity index (χ3v) is 2.12. The second kappa shape index (κ2) is 6.35. The van der Waals surface area contributed by atoms with Crippen LogP contribution in [0, 0.1) is 30.1 Å². The highest BCUT2D eigenvalue weighted by Gasteiger charge is 1.98. The summed E-state index contributed by atoms with van der Waals surface area (Å²) < 4.78 is 4.76. The molecule has 0 radical (unpaired) electrons. The molecule has 0 bridgehead atoms. The molecule has 0 fully saturated rings. The van der Waals surface area contributed by atoms with Gasteiger partial charge in [0.05, 0.1) is 18.2 Å². The maximum Gasteiger partial charge on any atom is 0.317 e. The molecule has 0 spiro atoms. The van der Waals surface area contributed by atoms with Crippen LogP contribution in [0.3, 0.4) is 0 Å². The summed E-state index contributed by atoms with van der Waals surface area (Å²) in [5.74, 6) is 5.29. The molecule has 0 heterocycles. The molecule has 3 heteroatoms. The van der Waals surface area contributed by atoms with Crippen molar-refractivity contribution in [1.82, 2.24) is 0 Å². The molecule has 0 aromatic heterocycles. The molecule has 0 N–H and O–H groups in total. The maximum atomic E-state index is 11.0. The Morgan fingerprint density at radius 1 is 1.47 bits per heavy atom. The Bertz CT molecular complexity index is 515. The van der Waals surface area contributed by atoms with Crippen molar-refractivity contribution in [3.63, 3.8) is 0 Å². The first-order valence-electron chi connectivity index (χ1n) is 5.32. The largest absolute Gasteiger partial charge is 0.465 e. The summed E-state index contributed by atoms with van der Waals surface area (Å²) in [7, 11) is 0. The normalized spacial score (nSPS) is 8.76. The number of carbonyl (C=O) groups is 1. The van der Waals surface area contributed by atoms with Crippen molar-refractivity contribution in [2.75, 3.05) is 6.61 Å². The van der Waals surface area contributed by atoms with E-state index in [1.54, 1.807) is 19.1 Å². The summed E-state index contributed by atoms with van der Waals surface area (Å²) >= 11 is 0. The van der Waals surface area contributed by atoms with Crippen molar-refractivity contribution in [3.05, 3.63) is 34.9 Å². The lowest BCUT2D eigenvalue weighted by molar-refractivity contribution is -0.141. The molecular formula is C14H13NO2. The highest BCUT2D eigenvalue weighted by Crippen LogP contribution is 2.08. The lowest BCUT2D eigenvalue weighted by Gasteiger charge is -1.97. The van der Waals surface area contributed by atoms with Crippen LogP contribution in [-0.4, -0.2) is 12.6 Å². The SMILES string of the molecule is CCOC(=O)CC#Cc1ccc(C#N)c(C)c1. The van der Waals surface area contributed by atoms with E-state index < -0.39 is 0 Å². The molecule has 17 heavy (non-hydrogen) atoms. The fraction of sp³-hybridized carbons (Fsp3) is 0.286. The van der Waals surface area contributed by atoms with Gasteiger partial charge in [-0.2, -0.15) is 5.26 Å². The highest BCUT2D eigenvalue weighted by atomic mass is 16.5. The molecule has 0 aliphatic carbocycles. The first kappa shape index (κ1) is 12.8. The third-order valence-electron chi connectivity index (χ3n) is 2.12. The molecule has 1 aromatic carbocycles. The van der Waals surface area contributed by atoms with E-state index in [0.717, 1.165) is 11.1 Å². The Morgan fingerprint density at radius 2 is 2.24 bits per heavy atom. The van der Waals surface area contributed by atoms with E-state index in [1.807, 2.05) is 13.0 Å². The number of hydrogen-bond acceptors (Lipinski definition) is 3. The molecule has 0 saturated heterocycles. The van der Waals surface area contributed by atoms with Crippen LogP contribution >= 0.6 is 0 Å². The van der Waals surface area contributed by atoms with E-state index in [4.69, 9.17) is 10.00 Å². The third kappa shape index (κ3) is 4.01. The Balaban J connectivity index is 2.70. The minimum absolute atomic E-state index is 0.0902. The fourth-order valence-corrected chi connectivity index (χ4v) is 1.30. The van der Waals surface area contributed by atoms with Crippen LogP contribution in [0.5, 0.6) is 0 Å². The molecule has 1 aromatic rings. The number of rotatable bonds is 2. The van der Waals surface area contributed by atoms with Gasteiger partial charge in [-0.3, -0.25) is 4.79 Å². The molecule has 0 aliphatic rings. The standard InChI is InChI=1S/C14H13NO2/c1-3-17-14(16)6-4-5-12-7-8-13(10-15)11(2)9-12/h7-9H,3,6H2,1-2H3. The zero-order chi connectivity index (χ0) is 12.7. The predicted molar refractivity (Wildman–Crippen MR) is 64.0 cm³/mol. The van der Waals surface area contributed by atoms with Crippen molar-refractivity contribution in [2.24, 2.45) is 0 Å². The molecule has 3 nitrogen and oxygen atoms in total. The molecule has 0 atom stereocenters. The van der Waals surface area contributed by atoms with Crippen molar-refractivity contribution in [1.29, 1.82) is 5.26 Å². The van der Waals surface area contributed by atoms with Gasteiger partial charge in [-0.15, -0.1) is 0 Å². The van der Waals surface area contributed by atoms with Gasteiger partial charge in [0.15, 0.2) is 0 Å². The average molecular weight is 227 g/mol. The van der Waals surface area contributed by atoms with Crippen LogP contribution in [0.1, 0.15) is 30.0 Å². The lowest BCUT2D eigenvalue weighted by Crippen LogP contribution is -2.01. The molecule has 86 valence electrons. The molecule has 0 aliphatic heterocycles. The maximum absolute atomic E-state index is 11.0. The second-order valence-corrected chi connectivity index (χ2v) is 3.43. The van der Waals surface area contributed by atoms with Gasteiger partial charge in [0, 0.05) is 5.56 Å². The smallest absolute Gasteiger partial charge is 0.317 e. The van der Waals surface area contributed by atoms with Crippen LogP contribution in [-0.2, 0) is 9.53 Å². The first-order chi connectivity index (χ1) is 8.17. The van der Waals surface area contributed by atoms with Gasteiger partial charge in [-0.05, 0) is 37.6 Å². The summed E-state index contributed by atoms with van der Waals surface area (Å²) in [5.41, 5.74) is 2.32. The van der Waals surface area contributed by atoms with E-state index >= 15 is 0 Å². The monoisotopic (exact) mass is 227 g/mol. The van der Waals surface area contributed by atoms with Gasteiger partial charge in [-0.1, -0.05) is 11.8 Å². The fourth-order valence-electron chi connectivity index (χ4n) is 1.30. The van der Waals surface area contributed by atoms with Gasteiger partial charge >= 0.3 is 5.97 Å². The molecular weight excluding hydrogens is 214 g/mol. The molecule has 0 saturated carbocycles. The number of hydrogen-bond donors (Lipinski definition) is 0. The average Bonchev–Trinajstić information content (AvgIpc) is 2.29. The minimum atomic E-state index is -0.314. The van der Waals surface area contributed by atoms with Gasteiger partial charge in [-0.25, -0.2) is 0 Å². The topological polar surface area (TPSA) is 50.1 Å². The van der Waals surface area contributed by atoms with E-state index in [1.165, 1.54) is 0 Å². The second-order valence-electron chi connectivity index (χ2n) is 3.43. The van der Waals surface area contributed by atoms with Crippen LogP contribution in [0.4, 0.5) is 0 Å². The van der Waals surface area contributed by atoms with E-state index in [0.29, 0.717) is 12.2 Å². The zero-order valence-electron chi connectivity index (χ0n) is 9.91. The van der Waals surface area contributed by atoms with Crippen LogP contribution in [0.15, 0.2) is 18.2 Å². The van der Waals surface area contributed by atoms with Crippen molar-refractivity contribution >= 4 is 5.97 Å². The van der Waals surface area contributed by atoms with Crippen molar-refractivity contribution in [3.8, 4) is 17.9 Å². The van der Waals surface area contributed by atoms with E-state index in [9.17, 15) is 4.79 Å². The van der Waals surface area contributed by atoms with Gasteiger partial charge in [0.1, 0.15) is 6.42 Å². The van der Waals surface area contributed by atoms with Gasteiger partial charge in [0.2, 0.25) is 0 Å². The van der Waals surface area contributed by atoms with Crippen LogP contribution in [0.25, 0.3) is 0 Å². The minimum Gasteiger partial charge on any atom is -0.465 e. The van der Waals surface area contributed by atoms with Gasteiger partial charge < -0.3 is 4.74 Å². The number of esters is 1. The number of aryl methyl sites for hydroxylation is 1. The highest BCUT2D eigenvalue weighted by molar-refractivity contribution is 5.72. The lowest BCUT2D eigenvalue weighted by atomic mass is 10.1. The Morgan fingerprint density at radius 3 is 2.82 bits per heavy atom. The molecule has 0 amide bonds. The zero-order valence-corrected chi connectivity index (χ0v) is 9.91. The Hall–Kier alpha value is -2.26. The first-order valence-corrected chi connectivity index (χ1v) is 5.32. The Kier molecular flexibility index (Phi) is 4.78. The number of carbonyl (C=O) groups excluding carboxylic acids is 1.